The Bertz CT molecular complexity index is 308. The van der Waals surface area contributed by atoms with Gasteiger partial charge in [0, 0.05) is 18.0 Å². The Kier molecular flexibility index (Phi) is 3.78. The van der Waals surface area contributed by atoms with Crippen LogP contribution in [0.1, 0.15) is 36.3 Å². The van der Waals surface area contributed by atoms with Crippen LogP contribution in [-0.4, -0.2) is 19.2 Å². The summed E-state index contributed by atoms with van der Waals surface area (Å²) < 4.78 is 6.10. The highest BCUT2D eigenvalue weighted by molar-refractivity contribution is 7.10. The Balaban J connectivity index is 2.01. The van der Waals surface area contributed by atoms with Crippen LogP contribution in [0.4, 0.5) is 0 Å². The van der Waals surface area contributed by atoms with Crippen molar-refractivity contribution >= 4 is 11.3 Å². The van der Waals surface area contributed by atoms with Crippen molar-refractivity contribution in [3.8, 4) is 0 Å². The molecule has 1 aromatic heterocycles. The van der Waals surface area contributed by atoms with Crippen molar-refractivity contribution in [1.82, 2.24) is 5.32 Å². The van der Waals surface area contributed by atoms with Gasteiger partial charge in [0.05, 0.1) is 6.10 Å². The summed E-state index contributed by atoms with van der Waals surface area (Å²) in [6.07, 6.45) is 3.03. The summed E-state index contributed by atoms with van der Waals surface area (Å²) in [4.78, 5) is 1.39. The predicted molar refractivity (Wildman–Crippen MR) is 64.4 cm³/mol. The van der Waals surface area contributed by atoms with E-state index in [1.165, 1.54) is 16.9 Å². The van der Waals surface area contributed by atoms with Crippen molar-refractivity contribution in [1.29, 1.82) is 0 Å². The van der Waals surface area contributed by atoms with Crippen LogP contribution in [0.2, 0.25) is 0 Å². The van der Waals surface area contributed by atoms with Gasteiger partial charge in [-0.15, -0.1) is 11.3 Å². The molecule has 3 heteroatoms. The lowest BCUT2D eigenvalue weighted by Crippen LogP contribution is -2.40. The number of nitrogens with one attached hydrogen (secondary N) is 1. The molecule has 2 atom stereocenters. The molecule has 0 bridgehead atoms. The van der Waals surface area contributed by atoms with E-state index in [1.54, 1.807) is 0 Å². The molecule has 1 aliphatic rings. The first kappa shape index (κ1) is 11.1. The first-order valence-corrected chi connectivity index (χ1v) is 6.59. The number of morpholine rings is 1. The molecule has 2 unspecified atom stereocenters. The molecular weight excluding hydrogens is 206 g/mol. The summed E-state index contributed by atoms with van der Waals surface area (Å²) in [6.45, 7) is 6.35. The molecular formula is C12H19NOS. The Hall–Kier alpha value is -0.380. The zero-order valence-corrected chi connectivity index (χ0v) is 10.3. The van der Waals surface area contributed by atoms with Gasteiger partial charge in [0.1, 0.15) is 6.10 Å². The van der Waals surface area contributed by atoms with Crippen LogP contribution < -0.4 is 5.32 Å². The minimum Gasteiger partial charge on any atom is -0.367 e. The minimum atomic E-state index is 0.273. The Morgan fingerprint density at radius 3 is 3.07 bits per heavy atom. The van der Waals surface area contributed by atoms with E-state index in [0.717, 1.165) is 19.5 Å². The van der Waals surface area contributed by atoms with Gasteiger partial charge in [-0.25, -0.2) is 0 Å². The largest absolute Gasteiger partial charge is 0.367 e. The molecule has 1 saturated heterocycles. The standard InChI is InChI=1S/C12H19NOS/c1-3-4-10-7-13-8-11(14-10)12-9(2)5-6-15-12/h5-6,10-11,13H,3-4,7-8H2,1-2H3. The van der Waals surface area contributed by atoms with Gasteiger partial charge in [-0.3, -0.25) is 0 Å². The smallest absolute Gasteiger partial charge is 0.105 e. The molecule has 1 fully saturated rings. The van der Waals surface area contributed by atoms with Crippen molar-refractivity contribution in [3.05, 3.63) is 21.9 Å². The summed E-state index contributed by atoms with van der Waals surface area (Å²) in [6, 6.07) is 2.17. The summed E-state index contributed by atoms with van der Waals surface area (Å²) in [7, 11) is 0. The molecule has 0 saturated carbocycles. The minimum absolute atomic E-state index is 0.273. The molecule has 0 radical (unpaired) electrons. The first-order valence-electron chi connectivity index (χ1n) is 5.71. The van der Waals surface area contributed by atoms with Crippen molar-refractivity contribution < 1.29 is 4.74 Å². The third-order valence-electron chi connectivity index (χ3n) is 2.86. The zero-order chi connectivity index (χ0) is 10.7. The van der Waals surface area contributed by atoms with E-state index < -0.39 is 0 Å². The van der Waals surface area contributed by atoms with E-state index >= 15 is 0 Å². The maximum atomic E-state index is 6.10. The van der Waals surface area contributed by atoms with Gasteiger partial charge >= 0.3 is 0 Å². The number of aryl methyl sites for hydroxylation is 1. The third-order valence-corrected chi connectivity index (χ3v) is 3.97. The average Bonchev–Trinajstić information content (AvgIpc) is 2.65. The van der Waals surface area contributed by atoms with Crippen LogP contribution in [0, 0.1) is 6.92 Å². The van der Waals surface area contributed by atoms with Gasteiger partial charge in [0.2, 0.25) is 0 Å². The summed E-state index contributed by atoms with van der Waals surface area (Å²) in [5.74, 6) is 0. The number of hydrogen-bond donors (Lipinski definition) is 1. The number of rotatable bonds is 3. The molecule has 2 nitrogen and oxygen atoms in total. The normalized spacial score (nSPS) is 26.8. The molecule has 1 aromatic rings. The molecule has 84 valence electrons. The van der Waals surface area contributed by atoms with E-state index in [4.69, 9.17) is 4.74 Å². The van der Waals surface area contributed by atoms with Crippen LogP contribution in [0.25, 0.3) is 0 Å². The van der Waals surface area contributed by atoms with Gasteiger partial charge in [0.25, 0.3) is 0 Å². The summed E-state index contributed by atoms with van der Waals surface area (Å²) in [5, 5.41) is 5.62. The monoisotopic (exact) mass is 225 g/mol. The Morgan fingerprint density at radius 2 is 2.40 bits per heavy atom. The second kappa shape index (κ2) is 5.10. The molecule has 2 rings (SSSR count). The van der Waals surface area contributed by atoms with Crippen molar-refractivity contribution in [2.45, 2.75) is 38.9 Å². The second-order valence-electron chi connectivity index (χ2n) is 4.16. The molecule has 15 heavy (non-hydrogen) atoms. The highest BCUT2D eigenvalue weighted by Crippen LogP contribution is 2.29. The lowest BCUT2D eigenvalue weighted by atomic mass is 10.1. The molecule has 2 heterocycles. The molecule has 0 amide bonds. The molecule has 1 N–H and O–H groups in total. The van der Waals surface area contributed by atoms with Crippen molar-refractivity contribution in [3.63, 3.8) is 0 Å². The van der Waals surface area contributed by atoms with Crippen LogP contribution >= 0.6 is 11.3 Å². The third kappa shape index (κ3) is 2.60. The predicted octanol–water partition coefficient (Wildman–Crippen LogP) is 2.89. The fraction of sp³-hybridized carbons (Fsp3) is 0.667. The van der Waals surface area contributed by atoms with Crippen LogP contribution in [-0.2, 0) is 4.74 Å². The summed E-state index contributed by atoms with van der Waals surface area (Å²) in [5.41, 5.74) is 1.36. The van der Waals surface area contributed by atoms with E-state index in [-0.39, 0.29) is 6.10 Å². The lowest BCUT2D eigenvalue weighted by molar-refractivity contribution is -0.0410. The van der Waals surface area contributed by atoms with Gasteiger partial charge in [-0.1, -0.05) is 13.3 Å². The number of hydrogen-bond acceptors (Lipinski definition) is 3. The number of ether oxygens (including phenoxy) is 1. The molecule has 0 aromatic carbocycles. The van der Waals surface area contributed by atoms with Crippen LogP contribution in [0.15, 0.2) is 11.4 Å². The lowest BCUT2D eigenvalue weighted by Gasteiger charge is -2.30. The van der Waals surface area contributed by atoms with E-state index in [9.17, 15) is 0 Å². The second-order valence-corrected chi connectivity index (χ2v) is 5.11. The molecule has 0 aliphatic carbocycles. The Morgan fingerprint density at radius 1 is 1.53 bits per heavy atom. The Labute approximate surface area is 95.6 Å². The van der Waals surface area contributed by atoms with Gasteiger partial charge in [0.15, 0.2) is 0 Å². The quantitative estimate of drug-likeness (QED) is 0.854. The van der Waals surface area contributed by atoms with E-state index in [0.29, 0.717) is 6.10 Å². The average molecular weight is 225 g/mol. The topological polar surface area (TPSA) is 21.3 Å². The highest BCUT2D eigenvalue weighted by Gasteiger charge is 2.24. The fourth-order valence-corrected chi connectivity index (χ4v) is 3.03. The fourth-order valence-electron chi connectivity index (χ4n) is 2.06. The molecule has 1 aliphatic heterocycles. The number of thiophene rings is 1. The van der Waals surface area contributed by atoms with Crippen LogP contribution in [0.3, 0.4) is 0 Å². The van der Waals surface area contributed by atoms with Gasteiger partial charge in [-0.05, 0) is 30.4 Å². The van der Waals surface area contributed by atoms with Gasteiger partial charge in [-0.2, -0.15) is 0 Å². The van der Waals surface area contributed by atoms with E-state index in [1.807, 2.05) is 11.3 Å². The zero-order valence-electron chi connectivity index (χ0n) is 9.45. The first-order chi connectivity index (χ1) is 7.31. The van der Waals surface area contributed by atoms with Crippen molar-refractivity contribution in [2.75, 3.05) is 13.1 Å². The summed E-state index contributed by atoms with van der Waals surface area (Å²) >= 11 is 1.81. The van der Waals surface area contributed by atoms with Crippen LogP contribution in [0.5, 0.6) is 0 Å². The maximum absolute atomic E-state index is 6.10. The van der Waals surface area contributed by atoms with E-state index in [2.05, 4.69) is 30.6 Å². The van der Waals surface area contributed by atoms with Gasteiger partial charge < -0.3 is 10.1 Å². The SMILES string of the molecule is CCCC1CNCC(c2sccc2C)O1. The maximum Gasteiger partial charge on any atom is 0.105 e. The molecule has 0 spiro atoms. The van der Waals surface area contributed by atoms with Crippen molar-refractivity contribution in [2.24, 2.45) is 0 Å². The highest BCUT2D eigenvalue weighted by atomic mass is 32.1.